The summed E-state index contributed by atoms with van der Waals surface area (Å²) in [5.74, 6) is 0.386. The Labute approximate surface area is 300 Å². The molecule has 7 atom stereocenters. The molecule has 0 amide bonds. The van der Waals surface area contributed by atoms with E-state index in [1.54, 1.807) is 0 Å². The van der Waals surface area contributed by atoms with Crippen LogP contribution >= 0.6 is 22.6 Å². The number of fused-ring (bicyclic) bond motifs is 1. The predicted octanol–water partition coefficient (Wildman–Crippen LogP) is 11.0. The average Bonchev–Trinajstić information content (AvgIpc) is 2.92. The lowest BCUT2D eigenvalue weighted by atomic mass is 9.86. The molecular weight excluding hydrogens is 740 g/mol. The van der Waals surface area contributed by atoms with E-state index < -0.39 is 25.2 Å². The van der Waals surface area contributed by atoms with Gasteiger partial charge in [-0.15, -0.1) is 0 Å². The second-order valence-electron chi connectivity index (χ2n) is 17.9. The summed E-state index contributed by atoms with van der Waals surface area (Å²) in [6.45, 7) is 36.7. The molecule has 2 aliphatic heterocycles. The van der Waals surface area contributed by atoms with Gasteiger partial charge in [-0.3, -0.25) is 4.79 Å². The van der Waals surface area contributed by atoms with Crippen LogP contribution in [0.5, 0.6) is 0 Å². The zero-order valence-corrected chi connectivity index (χ0v) is 37.6. The molecule has 0 aliphatic carbocycles. The Kier molecular flexibility index (Phi) is 15.1. The number of hydrogen-bond donors (Lipinski definition) is 0. The largest absolute Gasteiger partial charge is 0.411 e. The summed E-state index contributed by atoms with van der Waals surface area (Å²) in [6, 6.07) is 3.23. The van der Waals surface area contributed by atoms with Crippen LogP contribution < -0.4 is 0 Å². The molecule has 0 N–H and O–H groups in total. The van der Waals surface area contributed by atoms with Gasteiger partial charge in [0, 0.05) is 29.3 Å². The van der Waals surface area contributed by atoms with E-state index in [2.05, 4.69) is 139 Å². The Morgan fingerprint density at radius 1 is 0.935 bits per heavy atom. The number of ketones is 1. The highest BCUT2D eigenvalue weighted by Gasteiger charge is 2.63. The lowest BCUT2D eigenvalue weighted by molar-refractivity contribution is -0.208. The van der Waals surface area contributed by atoms with E-state index in [9.17, 15) is 4.79 Å². The lowest BCUT2D eigenvalue weighted by Crippen LogP contribution is -2.68. The molecule has 2 saturated heterocycles. The van der Waals surface area contributed by atoms with Gasteiger partial charge in [-0.1, -0.05) is 126 Å². The Morgan fingerprint density at radius 2 is 1.48 bits per heavy atom. The SMILES string of the molecule is CC[Si](CC)(CC)O[C@H]1C[C@H]2O[Si](C(C)(C)C)(C(C)(C)C)OC[C@H]2O[C@H]1[C@@H](C)CC(=O)C[C@H](C)[C@@H](/C=C/I)O[Si](C)(C)C(C)(C)C. The highest BCUT2D eigenvalue weighted by atomic mass is 127. The fourth-order valence-corrected chi connectivity index (χ4v) is 17.0. The van der Waals surface area contributed by atoms with E-state index in [0.717, 1.165) is 24.6 Å². The highest BCUT2D eigenvalue weighted by Crippen LogP contribution is 2.55. The molecule has 0 aromatic rings. The average molecular weight is 811 g/mol. The van der Waals surface area contributed by atoms with Crippen LogP contribution in [-0.4, -0.2) is 68.1 Å². The first-order valence-electron chi connectivity index (χ1n) is 18.0. The second-order valence-corrected chi connectivity index (χ2v) is 32.9. The summed E-state index contributed by atoms with van der Waals surface area (Å²) in [5, 5.41) is -0.0727. The molecule has 6 nitrogen and oxygen atoms in total. The monoisotopic (exact) mass is 810 g/mol. The van der Waals surface area contributed by atoms with E-state index in [4.69, 9.17) is 22.4 Å². The topological polar surface area (TPSA) is 63.2 Å². The van der Waals surface area contributed by atoms with Crippen molar-refractivity contribution in [2.45, 2.75) is 193 Å². The van der Waals surface area contributed by atoms with Crippen LogP contribution in [0, 0.1) is 11.8 Å². The Morgan fingerprint density at radius 3 is 1.93 bits per heavy atom. The molecule has 10 heteroatoms. The van der Waals surface area contributed by atoms with Crippen LogP contribution in [0.2, 0.25) is 46.3 Å². The molecule has 0 unspecified atom stereocenters. The van der Waals surface area contributed by atoms with Crippen molar-refractivity contribution in [2.75, 3.05) is 6.61 Å². The molecule has 0 aromatic heterocycles. The molecule has 2 rings (SSSR count). The third kappa shape index (κ3) is 9.88. The van der Waals surface area contributed by atoms with Crippen molar-refractivity contribution in [3.05, 3.63) is 10.2 Å². The molecule has 0 aromatic carbocycles. The van der Waals surface area contributed by atoms with Gasteiger partial charge < -0.3 is 22.4 Å². The van der Waals surface area contributed by atoms with Crippen LogP contribution in [0.15, 0.2) is 10.2 Å². The number of ether oxygens (including phenoxy) is 1. The molecule has 2 fully saturated rings. The Hall–Kier alpha value is 0.591. The molecule has 0 saturated carbocycles. The minimum Gasteiger partial charge on any atom is -0.411 e. The van der Waals surface area contributed by atoms with Crippen LogP contribution in [0.25, 0.3) is 0 Å². The van der Waals surface area contributed by atoms with Crippen molar-refractivity contribution in [3.8, 4) is 0 Å². The number of carbonyl (C=O) groups excluding carboxylic acids is 1. The Bertz CT molecular complexity index is 988. The summed E-state index contributed by atoms with van der Waals surface area (Å²) >= 11 is 2.26. The highest BCUT2D eigenvalue weighted by molar-refractivity contribution is 14.1. The molecule has 2 heterocycles. The van der Waals surface area contributed by atoms with Crippen molar-refractivity contribution < 1.29 is 27.2 Å². The van der Waals surface area contributed by atoms with E-state index >= 15 is 0 Å². The first-order chi connectivity index (χ1) is 20.9. The number of rotatable bonds is 14. The maximum Gasteiger partial charge on any atom is 0.349 e. The van der Waals surface area contributed by atoms with Crippen LogP contribution in [-0.2, 0) is 27.2 Å². The fraction of sp³-hybridized carbons (Fsp3) is 0.917. The molecule has 0 radical (unpaired) electrons. The van der Waals surface area contributed by atoms with Gasteiger partial charge in [0.15, 0.2) is 16.6 Å². The van der Waals surface area contributed by atoms with Gasteiger partial charge in [0.25, 0.3) is 0 Å². The summed E-state index contributed by atoms with van der Waals surface area (Å²) in [5.41, 5.74) is 0. The van der Waals surface area contributed by atoms with Crippen molar-refractivity contribution in [3.63, 3.8) is 0 Å². The zero-order chi connectivity index (χ0) is 35.5. The van der Waals surface area contributed by atoms with Crippen molar-refractivity contribution in [1.29, 1.82) is 0 Å². The smallest absolute Gasteiger partial charge is 0.349 e. The molecule has 46 heavy (non-hydrogen) atoms. The molecular formula is C36H71IO6Si3. The molecule has 0 bridgehead atoms. The summed E-state index contributed by atoms with van der Waals surface area (Å²) in [7, 11) is -6.58. The second kappa shape index (κ2) is 16.3. The predicted molar refractivity (Wildman–Crippen MR) is 209 cm³/mol. The van der Waals surface area contributed by atoms with Gasteiger partial charge in [0.1, 0.15) is 11.9 Å². The van der Waals surface area contributed by atoms with Gasteiger partial charge in [-0.25, -0.2) is 0 Å². The number of hydrogen-bond acceptors (Lipinski definition) is 6. The maximum atomic E-state index is 13.7. The third-order valence-corrected chi connectivity index (χ3v) is 26.1. The number of halogens is 1. The minimum absolute atomic E-state index is 0.0250. The number of carbonyl (C=O) groups is 1. The van der Waals surface area contributed by atoms with Crippen LogP contribution in [0.4, 0.5) is 0 Å². The van der Waals surface area contributed by atoms with Gasteiger partial charge in [0.05, 0.1) is 31.0 Å². The van der Waals surface area contributed by atoms with Gasteiger partial charge in [0.2, 0.25) is 0 Å². The van der Waals surface area contributed by atoms with E-state index in [-0.39, 0.29) is 63.3 Å². The third-order valence-electron chi connectivity index (χ3n) is 11.4. The van der Waals surface area contributed by atoms with E-state index in [0.29, 0.717) is 19.4 Å². The van der Waals surface area contributed by atoms with Crippen molar-refractivity contribution >= 4 is 53.6 Å². The van der Waals surface area contributed by atoms with Gasteiger partial charge in [-0.2, -0.15) is 0 Å². The Balaban J connectivity index is 2.30. The normalized spacial score (nSPS) is 26.9. The summed E-state index contributed by atoms with van der Waals surface area (Å²) < 4.78 is 37.0. The van der Waals surface area contributed by atoms with Crippen LogP contribution in [0.3, 0.4) is 0 Å². The maximum absolute atomic E-state index is 13.7. The first kappa shape index (κ1) is 42.8. The van der Waals surface area contributed by atoms with Crippen molar-refractivity contribution in [1.82, 2.24) is 0 Å². The molecule has 0 spiro atoms. The fourth-order valence-electron chi connectivity index (χ4n) is 7.43. The summed E-state index contributed by atoms with van der Waals surface area (Å²) in [4.78, 5) is 13.7. The summed E-state index contributed by atoms with van der Waals surface area (Å²) in [6.07, 6.45) is 3.34. The van der Waals surface area contributed by atoms with E-state index in [1.807, 2.05) is 4.08 Å². The van der Waals surface area contributed by atoms with Gasteiger partial charge in [-0.05, 0) is 52.2 Å². The van der Waals surface area contributed by atoms with Gasteiger partial charge >= 0.3 is 8.56 Å². The van der Waals surface area contributed by atoms with Crippen LogP contribution in [0.1, 0.15) is 116 Å². The zero-order valence-electron chi connectivity index (χ0n) is 32.5. The molecule has 270 valence electrons. The van der Waals surface area contributed by atoms with Crippen molar-refractivity contribution in [2.24, 2.45) is 11.8 Å². The minimum atomic E-state index is -2.64. The number of Topliss-reactive ketones (excluding diaryl/α,β-unsaturated/α-hetero) is 1. The quantitative estimate of drug-likeness (QED) is 0.129. The first-order valence-corrected chi connectivity index (χ1v) is 26.5. The molecule has 2 aliphatic rings. The lowest BCUT2D eigenvalue weighted by Gasteiger charge is -2.57. The van der Waals surface area contributed by atoms with E-state index in [1.165, 1.54) is 0 Å². The standard InChI is InChI=1S/C36H71IO6Si3/c1-17-45(18-2,19-3)42-31-24-30-32(25-39-46(43-30,35(9,10)11)36(12,13)14)40-33(31)27(5)23-28(38)22-26(4)29(20-21-37)41-44(15,16)34(6,7)8/h20-21,26-27,29-33H,17-19,22-25H2,1-16H3/b21-20+/t26-,27-,29+,30+,31-,32+,33-/m0/s1.